The van der Waals surface area contributed by atoms with Gasteiger partial charge in [0.1, 0.15) is 5.75 Å². The van der Waals surface area contributed by atoms with E-state index < -0.39 is 0 Å². The van der Waals surface area contributed by atoms with E-state index in [9.17, 15) is 4.79 Å². The summed E-state index contributed by atoms with van der Waals surface area (Å²) in [6, 6.07) is 13.6. The van der Waals surface area contributed by atoms with Crippen LogP contribution in [0.5, 0.6) is 5.75 Å². The van der Waals surface area contributed by atoms with Gasteiger partial charge in [0, 0.05) is 6.42 Å². The first-order valence-electron chi connectivity index (χ1n) is 6.34. The Balaban J connectivity index is 2.30. The zero-order chi connectivity index (χ0) is 13.8. The molecule has 2 aromatic rings. The average Bonchev–Trinajstić information content (AvgIpc) is 2.41. The van der Waals surface area contributed by atoms with Gasteiger partial charge < -0.3 is 4.74 Å². The lowest BCUT2D eigenvalue weighted by atomic mass is 9.98. The molecule has 0 aliphatic rings. The van der Waals surface area contributed by atoms with E-state index >= 15 is 0 Å². The fraction of sp³-hybridized carbons (Fsp3) is 0.235. The van der Waals surface area contributed by atoms with Crippen molar-refractivity contribution in [2.24, 2.45) is 0 Å². The highest BCUT2D eigenvalue weighted by molar-refractivity contribution is 6.00. The number of rotatable bonds is 4. The van der Waals surface area contributed by atoms with E-state index in [0.717, 1.165) is 16.7 Å². The van der Waals surface area contributed by atoms with Crippen LogP contribution in [-0.4, -0.2) is 12.9 Å². The normalized spacial score (nSPS) is 10.3. The van der Waals surface area contributed by atoms with Crippen molar-refractivity contribution < 1.29 is 9.53 Å². The van der Waals surface area contributed by atoms with Crippen molar-refractivity contribution in [3.63, 3.8) is 0 Å². The summed E-state index contributed by atoms with van der Waals surface area (Å²) in [4.78, 5) is 12.4. The molecule has 0 aliphatic heterocycles. The molecule has 2 heteroatoms. The van der Waals surface area contributed by atoms with Crippen LogP contribution in [0.25, 0.3) is 0 Å². The van der Waals surface area contributed by atoms with Gasteiger partial charge in [0.05, 0.1) is 12.7 Å². The van der Waals surface area contributed by atoms with Crippen LogP contribution in [-0.2, 0) is 6.42 Å². The molecule has 19 heavy (non-hydrogen) atoms. The van der Waals surface area contributed by atoms with Crippen LogP contribution in [0, 0.1) is 13.8 Å². The molecular weight excluding hydrogens is 236 g/mol. The number of methoxy groups -OCH3 is 1. The summed E-state index contributed by atoms with van der Waals surface area (Å²) in [6.07, 6.45) is 0.409. The highest BCUT2D eigenvalue weighted by Crippen LogP contribution is 2.22. The largest absolute Gasteiger partial charge is 0.496 e. The minimum absolute atomic E-state index is 0.0925. The Kier molecular flexibility index (Phi) is 4.00. The second-order valence-corrected chi connectivity index (χ2v) is 4.73. The van der Waals surface area contributed by atoms with Crippen molar-refractivity contribution >= 4 is 5.78 Å². The quantitative estimate of drug-likeness (QED) is 0.777. The first kappa shape index (κ1) is 13.3. The minimum Gasteiger partial charge on any atom is -0.496 e. The molecule has 0 atom stereocenters. The van der Waals surface area contributed by atoms with E-state index in [-0.39, 0.29) is 5.78 Å². The molecule has 2 nitrogen and oxygen atoms in total. The SMILES string of the molecule is COc1ccc(C)cc1C(=O)Cc1ccccc1C. The second kappa shape index (κ2) is 5.70. The summed E-state index contributed by atoms with van der Waals surface area (Å²) in [6.45, 7) is 4.00. The summed E-state index contributed by atoms with van der Waals surface area (Å²) in [5.41, 5.74) is 3.93. The number of carbonyl (C=O) groups excluding carboxylic acids is 1. The Hall–Kier alpha value is -2.09. The molecule has 2 rings (SSSR count). The summed E-state index contributed by atoms with van der Waals surface area (Å²) in [5.74, 6) is 0.735. The van der Waals surface area contributed by atoms with Crippen molar-refractivity contribution in [1.29, 1.82) is 0 Å². The predicted octanol–water partition coefficient (Wildman–Crippen LogP) is 3.74. The van der Waals surface area contributed by atoms with Crippen LogP contribution in [0.1, 0.15) is 27.0 Å². The fourth-order valence-corrected chi connectivity index (χ4v) is 2.12. The summed E-state index contributed by atoms with van der Waals surface area (Å²) >= 11 is 0. The zero-order valence-corrected chi connectivity index (χ0v) is 11.6. The summed E-state index contributed by atoms with van der Waals surface area (Å²) in [7, 11) is 1.59. The Bertz CT molecular complexity index is 600. The highest BCUT2D eigenvalue weighted by atomic mass is 16.5. The zero-order valence-electron chi connectivity index (χ0n) is 11.6. The van der Waals surface area contributed by atoms with Crippen molar-refractivity contribution in [2.75, 3.05) is 7.11 Å². The predicted molar refractivity (Wildman–Crippen MR) is 76.9 cm³/mol. The lowest BCUT2D eigenvalue weighted by Gasteiger charge is -2.10. The van der Waals surface area contributed by atoms with Gasteiger partial charge >= 0.3 is 0 Å². The average molecular weight is 254 g/mol. The maximum Gasteiger partial charge on any atom is 0.170 e. The third-order valence-corrected chi connectivity index (χ3v) is 3.27. The van der Waals surface area contributed by atoms with E-state index in [1.54, 1.807) is 7.11 Å². The van der Waals surface area contributed by atoms with Gasteiger partial charge in [-0.25, -0.2) is 0 Å². The smallest absolute Gasteiger partial charge is 0.170 e. The molecule has 2 aromatic carbocycles. The number of ketones is 1. The third-order valence-electron chi connectivity index (χ3n) is 3.27. The van der Waals surface area contributed by atoms with Crippen LogP contribution in [0.3, 0.4) is 0 Å². The topological polar surface area (TPSA) is 26.3 Å². The lowest BCUT2D eigenvalue weighted by Crippen LogP contribution is -2.07. The lowest BCUT2D eigenvalue weighted by molar-refractivity contribution is 0.0989. The van der Waals surface area contributed by atoms with Gasteiger partial charge in [-0.1, -0.05) is 35.9 Å². The van der Waals surface area contributed by atoms with E-state index in [4.69, 9.17) is 4.74 Å². The Morgan fingerprint density at radius 3 is 2.53 bits per heavy atom. The molecule has 98 valence electrons. The molecule has 0 saturated heterocycles. The standard InChI is InChI=1S/C17H18O2/c1-12-8-9-17(19-3)15(10-12)16(18)11-14-7-5-4-6-13(14)2/h4-10H,11H2,1-3H3. The van der Waals surface area contributed by atoms with Gasteiger partial charge in [-0.2, -0.15) is 0 Å². The third kappa shape index (κ3) is 3.02. The Morgan fingerprint density at radius 1 is 1.11 bits per heavy atom. The molecule has 0 unspecified atom stereocenters. The Morgan fingerprint density at radius 2 is 1.84 bits per heavy atom. The summed E-state index contributed by atoms with van der Waals surface area (Å²) in [5, 5.41) is 0. The maximum atomic E-state index is 12.4. The number of aryl methyl sites for hydroxylation is 2. The maximum absolute atomic E-state index is 12.4. The fourth-order valence-electron chi connectivity index (χ4n) is 2.12. The van der Waals surface area contributed by atoms with Gasteiger partial charge in [0.15, 0.2) is 5.78 Å². The van der Waals surface area contributed by atoms with Crippen molar-refractivity contribution in [3.05, 3.63) is 64.7 Å². The number of benzene rings is 2. The van der Waals surface area contributed by atoms with Gasteiger partial charge in [-0.05, 0) is 37.1 Å². The van der Waals surface area contributed by atoms with Gasteiger partial charge in [0.25, 0.3) is 0 Å². The van der Waals surface area contributed by atoms with Crippen LogP contribution in [0.15, 0.2) is 42.5 Å². The van der Waals surface area contributed by atoms with Crippen molar-refractivity contribution in [3.8, 4) is 5.75 Å². The molecule has 0 saturated carbocycles. The molecular formula is C17H18O2. The van der Waals surface area contributed by atoms with Crippen LogP contribution in [0.4, 0.5) is 0 Å². The molecule has 0 aromatic heterocycles. The molecule has 0 aliphatic carbocycles. The van der Waals surface area contributed by atoms with E-state index in [0.29, 0.717) is 17.7 Å². The monoisotopic (exact) mass is 254 g/mol. The number of hydrogen-bond acceptors (Lipinski definition) is 2. The van der Waals surface area contributed by atoms with Crippen LogP contribution in [0.2, 0.25) is 0 Å². The van der Waals surface area contributed by atoms with E-state index in [2.05, 4.69) is 0 Å². The van der Waals surface area contributed by atoms with Crippen molar-refractivity contribution in [2.45, 2.75) is 20.3 Å². The summed E-state index contributed by atoms with van der Waals surface area (Å²) < 4.78 is 5.27. The highest BCUT2D eigenvalue weighted by Gasteiger charge is 2.13. The number of hydrogen-bond donors (Lipinski definition) is 0. The molecule has 0 N–H and O–H groups in total. The first-order chi connectivity index (χ1) is 9.11. The van der Waals surface area contributed by atoms with Crippen LogP contribution >= 0.6 is 0 Å². The second-order valence-electron chi connectivity index (χ2n) is 4.73. The van der Waals surface area contributed by atoms with Crippen LogP contribution < -0.4 is 4.74 Å². The van der Waals surface area contributed by atoms with Crippen molar-refractivity contribution in [1.82, 2.24) is 0 Å². The molecule has 0 fully saturated rings. The molecule has 0 bridgehead atoms. The molecule has 0 heterocycles. The number of Topliss-reactive ketones (excluding diaryl/α,β-unsaturated/α-hetero) is 1. The van der Waals surface area contributed by atoms with Gasteiger partial charge in [0.2, 0.25) is 0 Å². The van der Waals surface area contributed by atoms with Gasteiger partial charge in [-0.15, -0.1) is 0 Å². The van der Waals surface area contributed by atoms with E-state index in [1.807, 2.05) is 56.3 Å². The molecule has 0 radical (unpaired) electrons. The number of ether oxygens (including phenoxy) is 1. The molecule has 0 spiro atoms. The Labute approximate surface area is 114 Å². The minimum atomic E-state index is 0.0925. The molecule has 0 amide bonds. The van der Waals surface area contributed by atoms with E-state index in [1.165, 1.54) is 0 Å². The first-order valence-corrected chi connectivity index (χ1v) is 6.34. The number of carbonyl (C=O) groups is 1. The van der Waals surface area contributed by atoms with Gasteiger partial charge in [-0.3, -0.25) is 4.79 Å².